The number of fused-ring (bicyclic) bond motifs is 1. The number of para-hydroxylation sites is 1. The largest absolute Gasteiger partial charge is 0.494 e. The van der Waals surface area contributed by atoms with E-state index in [1.165, 1.54) is 5.56 Å². The minimum atomic E-state index is 0.271. The molecule has 0 saturated carbocycles. The van der Waals surface area contributed by atoms with Gasteiger partial charge >= 0.3 is 0 Å². The van der Waals surface area contributed by atoms with E-state index in [-0.39, 0.29) is 6.04 Å². The molecule has 1 aliphatic rings. The van der Waals surface area contributed by atoms with Crippen LogP contribution in [0.1, 0.15) is 37.5 Å². The zero-order valence-electron chi connectivity index (χ0n) is 17.6. The summed E-state index contributed by atoms with van der Waals surface area (Å²) in [7, 11) is 1.66. The van der Waals surface area contributed by atoms with E-state index in [9.17, 15) is 0 Å². The molecule has 29 heavy (non-hydrogen) atoms. The van der Waals surface area contributed by atoms with Crippen molar-refractivity contribution >= 4 is 5.96 Å². The summed E-state index contributed by atoms with van der Waals surface area (Å²) in [5.74, 6) is 3.56. The summed E-state index contributed by atoms with van der Waals surface area (Å²) >= 11 is 0. The molecule has 2 N–H and O–H groups in total. The maximum Gasteiger partial charge on any atom is 0.191 e. The molecule has 0 aliphatic carbocycles. The fourth-order valence-corrected chi connectivity index (χ4v) is 3.48. The molecule has 2 aromatic rings. The highest BCUT2D eigenvalue weighted by atomic mass is 16.5. The maximum atomic E-state index is 5.71. The number of methoxy groups -OCH3 is 1. The van der Waals surface area contributed by atoms with Gasteiger partial charge in [-0.1, -0.05) is 18.2 Å². The predicted octanol–water partition coefficient (Wildman–Crippen LogP) is 1.94. The number of nitrogens with one attached hydrogen (secondary N) is 2. The summed E-state index contributed by atoms with van der Waals surface area (Å²) in [4.78, 5) is 9.31. The zero-order chi connectivity index (χ0) is 20.5. The van der Waals surface area contributed by atoms with Crippen molar-refractivity contribution in [2.45, 2.75) is 52.3 Å². The fourth-order valence-electron chi connectivity index (χ4n) is 3.48. The van der Waals surface area contributed by atoms with Gasteiger partial charge in [0.15, 0.2) is 11.8 Å². The van der Waals surface area contributed by atoms with Crippen LogP contribution in [0.2, 0.25) is 0 Å². The summed E-state index contributed by atoms with van der Waals surface area (Å²) in [6.07, 6.45) is 2.74. The van der Waals surface area contributed by atoms with Crippen molar-refractivity contribution in [2.24, 2.45) is 4.99 Å². The molecular formula is C21H32N6O2. The lowest BCUT2D eigenvalue weighted by molar-refractivity contribution is 0.177. The highest BCUT2D eigenvalue weighted by molar-refractivity contribution is 5.80. The first-order chi connectivity index (χ1) is 14.2. The molecule has 8 nitrogen and oxygen atoms in total. The lowest BCUT2D eigenvalue weighted by Gasteiger charge is -2.25. The number of ether oxygens (including phenoxy) is 2. The summed E-state index contributed by atoms with van der Waals surface area (Å²) in [5.41, 5.74) is 1.18. The molecular weight excluding hydrogens is 368 g/mol. The first-order valence-electron chi connectivity index (χ1n) is 10.4. The Hall–Kier alpha value is -2.61. The molecule has 1 aliphatic heterocycles. The van der Waals surface area contributed by atoms with Crippen molar-refractivity contribution in [3.05, 3.63) is 41.5 Å². The summed E-state index contributed by atoms with van der Waals surface area (Å²) < 4.78 is 12.8. The number of aromatic nitrogens is 3. The number of hydrogen-bond donors (Lipinski definition) is 2. The van der Waals surface area contributed by atoms with E-state index in [4.69, 9.17) is 14.5 Å². The molecule has 0 amide bonds. The van der Waals surface area contributed by atoms with Crippen LogP contribution in [-0.4, -0.2) is 53.6 Å². The Morgan fingerprint density at radius 2 is 2.17 bits per heavy atom. The summed E-state index contributed by atoms with van der Waals surface area (Å²) in [6, 6.07) is 8.44. The average molecular weight is 401 g/mol. The SMILES string of the molecule is CCNC(=NCCc1ccccc1OCC)NC1CCc2nc(COC)nn2C1. The molecule has 0 radical (unpaired) electrons. The molecule has 1 unspecified atom stereocenters. The van der Waals surface area contributed by atoms with E-state index in [1.807, 2.05) is 29.8 Å². The normalized spacial score (nSPS) is 16.4. The van der Waals surface area contributed by atoms with Crippen molar-refractivity contribution < 1.29 is 9.47 Å². The number of hydrogen-bond acceptors (Lipinski definition) is 5. The van der Waals surface area contributed by atoms with Gasteiger partial charge in [-0.25, -0.2) is 9.67 Å². The van der Waals surface area contributed by atoms with Crippen LogP contribution in [0.3, 0.4) is 0 Å². The van der Waals surface area contributed by atoms with Gasteiger partial charge in [-0.2, -0.15) is 5.10 Å². The Labute approximate surface area is 172 Å². The minimum Gasteiger partial charge on any atom is -0.494 e. The van der Waals surface area contributed by atoms with Gasteiger partial charge in [-0.3, -0.25) is 4.99 Å². The topological polar surface area (TPSA) is 85.6 Å². The van der Waals surface area contributed by atoms with Gasteiger partial charge in [0, 0.05) is 32.7 Å². The van der Waals surface area contributed by atoms with Crippen LogP contribution < -0.4 is 15.4 Å². The monoisotopic (exact) mass is 400 g/mol. The second-order valence-corrected chi connectivity index (χ2v) is 6.99. The Balaban J connectivity index is 1.58. The van der Waals surface area contributed by atoms with Crippen molar-refractivity contribution in [1.29, 1.82) is 0 Å². The van der Waals surface area contributed by atoms with Crippen LogP contribution >= 0.6 is 0 Å². The van der Waals surface area contributed by atoms with Gasteiger partial charge in [0.25, 0.3) is 0 Å². The second kappa shape index (κ2) is 10.8. The van der Waals surface area contributed by atoms with E-state index >= 15 is 0 Å². The Morgan fingerprint density at radius 3 is 2.97 bits per heavy atom. The Kier molecular flexibility index (Phi) is 7.86. The van der Waals surface area contributed by atoms with E-state index in [0.717, 1.165) is 55.7 Å². The molecule has 158 valence electrons. The number of nitrogens with zero attached hydrogens (tertiary/aromatic N) is 4. The molecule has 1 aromatic carbocycles. The first kappa shape index (κ1) is 21.1. The van der Waals surface area contributed by atoms with Gasteiger partial charge in [-0.15, -0.1) is 0 Å². The summed E-state index contributed by atoms with van der Waals surface area (Å²) in [5, 5.41) is 11.4. The number of benzene rings is 1. The maximum absolute atomic E-state index is 5.71. The molecule has 1 atom stereocenters. The molecule has 2 heterocycles. The molecule has 0 fully saturated rings. The predicted molar refractivity (Wildman–Crippen MR) is 113 cm³/mol. The average Bonchev–Trinajstić information content (AvgIpc) is 3.11. The van der Waals surface area contributed by atoms with Crippen LogP contribution in [0.25, 0.3) is 0 Å². The van der Waals surface area contributed by atoms with E-state index < -0.39 is 0 Å². The highest BCUT2D eigenvalue weighted by Gasteiger charge is 2.22. The highest BCUT2D eigenvalue weighted by Crippen LogP contribution is 2.18. The molecule has 3 rings (SSSR count). The van der Waals surface area contributed by atoms with Gasteiger partial charge < -0.3 is 20.1 Å². The Morgan fingerprint density at radius 1 is 1.31 bits per heavy atom. The van der Waals surface area contributed by atoms with E-state index in [1.54, 1.807) is 7.11 Å². The third-order valence-corrected chi connectivity index (χ3v) is 4.78. The van der Waals surface area contributed by atoms with Crippen LogP contribution in [0, 0.1) is 0 Å². The zero-order valence-corrected chi connectivity index (χ0v) is 17.6. The first-order valence-corrected chi connectivity index (χ1v) is 10.4. The lowest BCUT2D eigenvalue weighted by Crippen LogP contribution is -2.47. The standard InChI is InChI=1S/C21H32N6O2/c1-4-22-21(23-13-12-16-8-6-7-9-18(16)29-5-2)24-17-10-11-20-25-19(15-28-3)26-27(20)14-17/h6-9,17H,4-5,10-15H2,1-3H3,(H2,22,23,24). The van der Waals surface area contributed by atoms with E-state index in [0.29, 0.717) is 19.8 Å². The molecule has 0 spiro atoms. The molecule has 0 bridgehead atoms. The van der Waals surface area contributed by atoms with Crippen molar-refractivity contribution in [3.8, 4) is 5.75 Å². The minimum absolute atomic E-state index is 0.271. The number of aryl methyl sites for hydroxylation is 1. The quantitative estimate of drug-likeness (QED) is 0.494. The number of rotatable bonds is 9. The van der Waals surface area contributed by atoms with Crippen LogP contribution in [0.15, 0.2) is 29.3 Å². The third kappa shape index (κ3) is 5.93. The molecule has 0 saturated heterocycles. The third-order valence-electron chi connectivity index (χ3n) is 4.78. The number of guanidine groups is 1. The molecule has 8 heteroatoms. The lowest BCUT2D eigenvalue weighted by atomic mass is 10.1. The van der Waals surface area contributed by atoms with Gasteiger partial charge in [-0.05, 0) is 38.3 Å². The van der Waals surface area contributed by atoms with Crippen molar-refractivity contribution in [1.82, 2.24) is 25.4 Å². The van der Waals surface area contributed by atoms with Crippen LogP contribution in [-0.2, 0) is 30.7 Å². The van der Waals surface area contributed by atoms with Gasteiger partial charge in [0.1, 0.15) is 18.2 Å². The summed E-state index contributed by atoms with van der Waals surface area (Å²) in [6.45, 7) is 7.50. The van der Waals surface area contributed by atoms with Crippen LogP contribution in [0.5, 0.6) is 5.75 Å². The number of aliphatic imine (C=N–C) groups is 1. The van der Waals surface area contributed by atoms with Crippen molar-refractivity contribution in [2.75, 3.05) is 26.8 Å². The second-order valence-electron chi connectivity index (χ2n) is 6.99. The van der Waals surface area contributed by atoms with Crippen molar-refractivity contribution in [3.63, 3.8) is 0 Å². The Bertz CT molecular complexity index is 804. The van der Waals surface area contributed by atoms with Gasteiger partial charge in [0.2, 0.25) is 0 Å². The fraction of sp³-hybridized carbons (Fsp3) is 0.571. The van der Waals surface area contributed by atoms with E-state index in [2.05, 4.69) is 33.7 Å². The van der Waals surface area contributed by atoms with Gasteiger partial charge in [0.05, 0.1) is 13.2 Å². The smallest absolute Gasteiger partial charge is 0.191 e. The molecule has 1 aromatic heterocycles. The van der Waals surface area contributed by atoms with Crippen LogP contribution in [0.4, 0.5) is 0 Å².